The Labute approximate surface area is 203 Å². The number of hydrogen-bond donors (Lipinski definition) is 5. The molecule has 14 heteroatoms. The van der Waals surface area contributed by atoms with E-state index in [9.17, 15) is 27.6 Å². The lowest BCUT2D eigenvalue weighted by Gasteiger charge is -2.22. The van der Waals surface area contributed by atoms with Crippen molar-refractivity contribution < 1.29 is 37.4 Å². The Kier molecular flexibility index (Phi) is 11.5. The first kappa shape index (κ1) is 29.7. The molecule has 13 nitrogen and oxygen atoms in total. The van der Waals surface area contributed by atoms with Crippen LogP contribution < -0.4 is 16.8 Å². The van der Waals surface area contributed by atoms with Gasteiger partial charge in [0.2, 0.25) is 5.91 Å². The summed E-state index contributed by atoms with van der Waals surface area (Å²) in [5.41, 5.74) is 11.5. The number of ketones is 1. The highest BCUT2D eigenvalue weighted by molar-refractivity contribution is 7.90. The first-order valence-corrected chi connectivity index (χ1v) is 12.4. The molecule has 0 fully saturated rings. The van der Waals surface area contributed by atoms with E-state index in [1.165, 1.54) is 12.1 Å². The summed E-state index contributed by atoms with van der Waals surface area (Å²) in [6.45, 7) is -0.0145. The summed E-state index contributed by atoms with van der Waals surface area (Å²) >= 11 is 0. The van der Waals surface area contributed by atoms with Gasteiger partial charge in [-0.25, -0.2) is 8.42 Å². The number of benzene rings is 1. The van der Waals surface area contributed by atoms with E-state index in [0.717, 1.165) is 18.3 Å². The number of carboxylic acids is 1. The molecule has 0 heterocycles. The number of methoxy groups -OCH3 is 1. The summed E-state index contributed by atoms with van der Waals surface area (Å²) < 4.78 is 27.8. The fourth-order valence-corrected chi connectivity index (χ4v) is 3.62. The van der Waals surface area contributed by atoms with Crippen molar-refractivity contribution in [3.63, 3.8) is 0 Å². The molecule has 0 saturated carbocycles. The Bertz CT molecular complexity index is 1040. The van der Waals surface area contributed by atoms with Gasteiger partial charge < -0.3 is 26.6 Å². The lowest BCUT2D eigenvalue weighted by Crippen LogP contribution is -2.46. The molecule has 0 aliphatic heterocycles. The van der Waals surface area contributed by atoms with Crippen molar-refractivity contribution in [2.24, 2.45) is 11.5 Å². The van der Waals surface area contributed by atoms with Crippen LogP contribution in [0.5, 0.6) is 0 Å². The number of aliphatic carboxylic acids is 1. The molecule has 2 unspecified atom stereocenters. The number of amides is 1. The highest BCUT2D eigenvalue weighted by atomic mass is 32.2. The van der Waals surface area contributed by atoms with Gasteiger partial charge in [0.05, 0.1) is 30.9 Å². The van der Waals surface area contributed by atoms with Crippen LogP contribution in [-0.2, 0) is 40.3 Å². The minimum Gasteiger partial charge on any atom is -0.480 e. The van der Waals surface area contributed by atoms with Gasteiger partial charge in [-0.15, -0.1) is 0 Å². The van der Waals surface area contributed by atoms with Gasteiger partial charge in [0.25, 0.3) is 0 Å². The van der Waals surface area contributed by atoms with E-state index in [1.54, 1.807) is 12.1 Å². The molecule has 0 bridgehead atoms. The molecule has 7 N–H and O–H groups in total. The Morgan fingerprint density at radius 3 is 2.29 bits per heavy atom. The van der Waals surface area contributed by atoms with Crippen LogP contribution in [0.15, 0.2) is 29.2 Å². The largest absolute Gasteiger partial charge is 0.480 e. The van der Waals surface area contributed by atoms with Crippen LogP contribution in [0.4, 0.5) is 0 Å². The van der Waals surface area contributed by atoms with E-state index in [2.05, 4.69) is 10.1 Å². The normalized spacial score (nSPS) is 12.9. The van der Waals surface area contributed by atoms with Crippen molar-refractivity contribution in [3.05, 3.63) is 29.8 Å². The number of nitrogens with zero attached hydrogens (tertiary/aromatic N) is 1. The zero-order valence-electron chi connectivity index (χ0n) is 19.5. The van der Waals surface area contributed by atoms with Crippen molar-refractivity contribution in [1.82, 2.24) is 10.2 Å². The summed E-state index contributed by atoms with van der Waals surface area (Å²) in [5, 5.41) is 19.3. The van der Waals surface area contributed by atoms with E-state index in [0.29, 0.717) is 5.56 Å². The lowest BCUT2D eigenvalue weighted by molar-refractivity contribution is -0.144. The molecule has 1 aromatic carbocycles. The van der Waals surface area contributed by atoms with Crippen molar-refractivity contribution in [3.8, 4) is 0 Å². The number of rotatable bonds is 14. The van der Waals surface area contributed by atoms with E-state index in [1.807, 2.05) is 0 Å². The molecule has 0 spiro atoms. The third kappa shape index (κ3) is 10.2. The Balaban J connectivity index is 2.85. The second kappa shape index (κ2) is 13.5. The van der Waals surface area contributed by atoms with E-state index in [-0.39, 0.29) is 37.2 Å². The number of esters is 1. The summed E-state index contributed by atoms with van der Waals surface area (Å²) in [4.78, 5) is 49.0. The minimum atomic E-state index is -3.37. The zero-order valence-corrected chi connectivity index (χ0v) is 20.3. The van der Waals surface area contributed by atoms with E-state index in [4.69, 9.17) is 22.0 Å². The van der Waals surface area contributed by atoms with E-state index < -0.39 is 57.9 Å². The summed E-state index contributed by atoms with van der Waals surface area (Å²) in [7, 11) is -2.22. The third-order valence-corrected chi connectivity index (χ3v) is 6.15. The molecule has 2 atom stereocenters. The van der Waals surface area contributed by atoms with Gasteiger partial charge in [0, 0.05) is 19.3 Å². The Hall–Kier alpha value is -3.36. The van der Waals surface area contributed by atoms with Gasteiger partial charge >= 0.3 is 11.9 Å². The van der Waals surface area contributed by atoms with Crippen LogP contribution in [-0.4, -0.2) is 80.0 Å². The van der Waals surface area contributed by atoms with Gasteiger partial charge in [0.15, 0.2) is 21.6 Å². The molecular formula is C21H31N5O8S. The predicted octanol–water partition coefficient (Wildman–Crippen LogP) is -1.02. The van der Waals surface area contributed by atoms with Crippen LogP contribution in [0.25, 0.3) is 0 Å². The van der Waals surface area contributed by atoms with Crippen molar-refractivity contribution in [2.75, 3.05) is 19.9 Å². The highest BCUT2D eigenvalue weighted by Gasteiger charge is 2.27. The number of nitrogens with one attached hydrogen (secondary N) is 2. The number of guanidine groups is 1. The Morgan fingerprint density at radius 2 is 1.80 bits per heavy atom. The van der Waals surface area contributed by atoms with Gasteiger partial charge in [-0.1, -0.05) is 12.1 Å². The Morgan fingerprint density at radius 1 is 1.20 bits per heavy atom. The summed E-state index contributed by atoms with van der Waals surface area (Å²) in [5.74, 6) is -3.96. The monoisotopic (exact) mass is 513 g/mol. The second-order valence-corrected chi connectivity index (χ2v) is 9.81. The molecule has 1 aromatic rings. The number of carbonyl (C=O) groups excluding carboxylic acids is 3. The number of carbonyl (C=O) groups is 4. The molecule has 0 saturated heterocycles. The van der Waals surface area contributed by atoms with E-state index >= 15 is 0 Å². The molecule has 1 amide bonds. The highest BCUT2D eigenvalue weighted by Crippen LogP contribution is 2.11. The minimum absolute atomic E-state index is 0.0327. The number of Topliss-reactive ketones (excluding diaryl/α,β-unsaturated/α-hetero) is 1. The maximum atomic E-state index is 12.8. The standard InChI is InChI=1S/C21H31N5O8S/c1-34-19(29)10-16(25-12-13-5-7-14(8-6-13)35(2,32)33)17(27)11-18(28)26(21(23)24)9-3-4-15(22)20(30)31/h5-8,15-16,25H,3-4,9-12,22H2,1-2H3,(H3,23,24)(H,30,31). The summed E-state index contributed by atoms with van der Waals surface area (Å²) in [6, 6.07) is 3.68. The van der Waals surface area contributed by atoms with Gasteiger partial charge in [0.1, 0.15) is 6.04 Å². The maximum Gasteiger partial charge on any atom is 0.320 e. The number of nitrogens with two attached hydrogens (primary N) is 2. The quantitative estimate of drug-likeness (QED) is 0.0876. The fourth-order valence-electron chi connectivity index (χ4n) is 2.99. The smallest absolute Gasteiger partial charge is 0.320 e. The molecule has 1 rings (SSSR count). The lowest BCUT2D eigenvalue weighted by atomic mass is 10.0. The van der Waals surface area contributed by atoms with Gasteiger partial charge in [-0.3, -0.25) is 29.5 Å². The van der Waals surface area contributed by atoms with Gasteiger partial charge in [-0.05, 0) is 30.5 Å². The average molecular weight is 514 g/mol. The van der Waals surface area contributed by atoms with Crippen LogP contribution in [0.2, 0.25) is 0 Å². The topological polar surface area (TPSA) is 223 Å². The van der Waals surface area contributed by atoms with Crippen LogP contribution in [0.1, 0.15) is 31.2 Å². The van der Waals surface area contributed by atoms with Gasteiger partial charge in [-0.2, -0.15) is 0 Å². The SMILES string of the molecule is COC(=O)CC(NCc1ccc(S(C)(=O)=O)cc1)C(=O)CC(=O)N(CCCC(N)C(=O)O)C(=N)N. The van der Waals surface area contributed by atoms with Crippen LogP contribution in [0, 0.1) is 5.41 Å². The average Bonchev–Trinajstić information content (AvgIpc) is 2.78. The molecule has 0 aromatic heterocycles. The van der Waals surface area contributed by atoms with Crippen molar-refractivity contribution in [1.29, 1.82) is 5.41 Å². The molecule has 35 heavy (non-hydrogen) atoms. The number of carboxylic acid groups (broad SMARTS) is 1. The molecule has 0 aliphatic carbocycles. The number of hydrogen-bond acceptors (Lipinski definition) is 10. The van der Waals surface area contributed by atoms with Crippen LogP contribution in [0.3, 0.4) is 0 Å². The number of ether oxygens (including phenoxy) is 1. The molecular weight excluding hydrogens is 482 g/mol. The molecule has 0 aliphatic rings. The summed E-state index contributed by atoms with van der Waals surface area (Å²) in [6.07, 6.45) is 0.211. The number of sulfone groups is 1. The third-order valence-electron chi connectivity index (χ3n) is 5.02. The molecule has 0 radical (unpaired) electrons. The fraction of sp³-hybridized carbons (Fsp3) is 0.476. The van der Waals surface area contributed by atoms with Crippen LogP contribution >= 0.6 is 0 Å². The first-order chi connectivity index (χ1) is 16.3. The zero-order chi connectivity index (χ0) is 26.8. The predicted molar refractivity (Wildman–Crippen MR) is 125 cm³/mol. The second-order valence-electron chi connectivity index (χ2n) is 7.79. The molecule has 194 valence electrons. The maximum absolute atomic E-state index is 12.8. The van der Waals surface area contributed by atoms with Crippen molar-refractivity contribution >= 4 is 39.4 Å². The first-order valence-electron chi connectivity index (χ1n) is 10.5. The van der Waals surface area contributed by atoms with Crippen molar-refractivity contribution in [2.45, 2.75) is 49.2 Å².